The molecule has 110 valence electrons. The lowest BCUT2D eigenvalue weighted by Gasteiger charge is -2.14. The van der Waals surface area contributed by atoms with E-state index in [9.17, 15) is 4.79 Å². The van der Waals surface area contributed by atoms with Crippen LogP contribution in [-0.4, -0.2) is 17.5 Å². The Morgan fingerprint density at radius 2 is 2.10 bits per heavy atom. The van der Waals surface area contributed by atoms with Gasteiger partial charge in [-0.2, -0.15) is 0 Å². The molecule has 5 heteroatoms. The molecule has 1 aromatic carbocycles. The first kappa shape index (κ1) is 15.0. The van der Waals surface area contributed by atoms with E-state index in [2.05, 4.69) is 10.3 Å². The van der Waals surface area contributed by atoms with E-state index in [1.807, 2.05) is 31.2 Å². The molecule has 0 bridgehead atoms. The monoisotopic (exact) mass is 285 g/mol. The maximum absolute atomic E-state index is 11.8. The third-order valence-electron chi connectivity index (χ3n) is 3.09. The van der Waals surface area contributed by atoms with Gasteiger partial charge in [0, 0.05) is 18.9 Å². The summed E-state index contributed by atoms with van der Waals surface area (Å²) in [6, 6.07) is 11.0. The maximum Gasteiger partial charge on any atom is 0.258 e. The minimum atomic E-state index is -0.172. The molecule has 1 atom stereocenters. The normalized spacial score (nSPS) is 11.7. The quantitative estimate of drug-likeness (QED) is 0.848. The largest absolute Gasteiger partial charge is 0.484 e. The van der Waals surface area contributed by atoms with Crippen LogP contribution in [0.4, 0.5) is 0 Å². The summed E-state index contributed by atoms with van der Waals surface area (Å²) in [6.45, 7) is 2.38. The van der Waals surface area contributed by atoms with Crippen LogP contribution < -0.4 is 15.8 Å². The molecule has 0 fully saturated rings. The van der Waals surface area contributed by atoms with E-state index in [1.165, 1.54) is 0 Å². The molecule has 21 heavy (non-hydrogen) atoms. The van der Waals surface area contributed by atoms with E-state index in [1.54, 1.807) is 24.5 Å². The molecule has 0 saturated carbocycles. The summed E-state index contributed by atoms with van der Waals surface area (Å²) in [6.07, 6.45) is 3.43. The Morgan fingerprint density at radius 1 is 1.33 bits per heavy atom. The first-order valence-corrected chi connectivity index (χ1v) is 6.80. The van der Waals surface area contributed by atoms with Gasteiger partial charge in [-0.25, -0.2) is 0 Å². The van der Waals surface area contributed by atoms with Gasteiger partial charge in [-0.1, -0.05) is 18.2 Å². The highest BCUT2D eigenvalue weighted by Crippen LogP contribution is 2.12. The predicted octanol–water partition coefficient (Wildman–Crippen LogP) is 1.80. The summed E-state index contributed by atoms with van der Waals surface area (Å²) in [7, 11) is 0. The minimum absolute atomic E-state index is 0.0213. The van der Waals surface area contributed by atoms with E-state index >= 15 is 0 Å². The number of ether oxygens (including phenoxy) is 1. The predicted molar refractivity (Wildman–Crippen MR) is 80.6 cm³/mol. The second kappa shape index (κ2) is 7.40. The number of rotatable bonds is 6. The van der Waals surface area contributed by atoms with E-state index in [4.69, 9.17) is 10.5 Å². The third kappa shape index (κ3) is 4.57. The summed E-state index contributed by atoms with van der Waals surface area (Å²) in [5, 5.41) is 2.87. The number of nitrogens with zero attached hydrogens (tertiary/aromatic N) is 1. The summed E-state index contributed by atoms with van der Waals surface area (Å²) < 4.78 is 5.44. The van der Waals surface area contributed by atoms with Gasteiger partial charge < -0.3 is 15.8 Å². The molecule has 1 aromatic heterocycles. The standard InChI is InChI=1S/C16H19N3O2/c1-12(14-3-2-8-18-10-14)19-16(20)11-21-15-6-4-13(9-17)5-7-15/h2-8,10,12H,9,11,17H2,1H3,(H,19,20). The Bertz CT molecular complexity index is 570. The van der Waals surface area contributed by atoms with Crippen molar-refractivity contribution in [3.8, 4) is 5.75 Å². The molecule has 1 amide bonds. The molecule has 2 rings (SSSR count). The molecule has 5 nitrogen and oxygen atoms in total. The number of nitrogens with two attached hydrogens (primary N) is 1. The van der Waals surface area contributed by atoms with Crippen LogP contribution in [-0.2, 0) is 11.3 Å². The van der Waals surface area contributed by atoms with Crippen molar-refractivity contribution in [3.05, 3.63) is 59.9 Å². The van der Waals surface area contributed by atoms with Crippen LogP contribution in [0.1, 0.15) is 24.1 Å². The summed E-state index contributed by atoms with van der Waals surface area (Å²) >= 11 is 0. The average Bonchev–Trinajstić information content (AvgIpc) is 2.54. The fourth-order valence-corrected chi connectivity index (χ4v) is 1.87. The lowest BCUT2D eigenvalue weighted by molar-refractivity contribution is -0.123. The SMILES string of the molecule is CC(NC(=O)COc1ccc(CN)cc1)c1cccnc1. The maximum atomic E-state index is 11.8. The topological polar surface area (TPSA) is 77.2 Å². The fourth-order valence-electron chi connectivity index (χ4n) is 1.87. The molecule has 0 saturated heterocycles. The number of pyridine rings is 1. The Balaban J connectivity index is 1.81. The molecule has 1 unspecified atom stereocenters. The van der Waals surface area contributed by atoms with Gasteiger partial charge in [-0.3, -0.25) is 9.78 Å². The second-order valence-corrected chi connectivity index (χ2v) is 4.71. The lowest BCUT2D eigenvalue weighted by atomic mass is 10.1. The molecule has 0 aliphatic heterocycles. The molecule has 0 radical (unpaired) electrons. The van der Waals surface area contributed by atoms with Gasteiger partial charge in [-0.15, -0.1) is 0 Å². The summed E-state index contributed by atoms with van der Waals surface area (Å²) in [5.41, 5.74) is 7.50. The lowest BCUT2D eigenvalue weighted by Crippen LogP contribution is -2.31. The number of hydrogen-bond donors (Lipinski definition) is 2. The molecule has 0 spiro atoms. The third-order valence-corrected chi connectivity index (χ3v) is 3.09. The number of benzene rings is 1. The van der Waals surface area contributed by atoms with Gasteiger partial charge >= 0.3 is 0 Å². The van der Waals surface area contributed by atoms with Crippen LogP contribution in [0.15, 0.2) is 48.8 Å². The highest BCUT2D eigenvalue weighted by atomic mass is 16.5. The highest BCUT2D eigenvalue weighted by Gasteiger charge is 2.10. The van der Waals surface area contributed by atoms with Gasteiger partial charge in [-0.05, 0) is 36.2 Å². The Hall–Kier alpha value is -2.40. The fraction of sp³-hybridized carbons (Fsp3) is 0.250. The van der Waals surface area contributed by atoms with Crippen LogP contribution in [0.3, 0.4) is 0 Å². The van der Waals surface area contributed by atoms with E-state index in [0.29, 0.717) is 12.3 Å². The van der Waals surface area contributed by atoms with E-state index < -0.39 is 0 Å². The zero-order valence-corrected chi connectivity index (χ0v) is 12.0. The molecule has 1 heterocycles. The van der Waals surface area contributed by atoms with Crippen molar-refractivity contribution in [3.63, 3.8) is 0 Å². The zero-order chi connectivity index (χ0) is 15.1. The van der Waals surface area contributed by atoms with Crippen LogP contribution in [0, 0.1) is 0 Å². The van der Waals surface area contributed by atoms with Crippen LogP contribution in [0.5, 0.6) is 5.75 Å². The van der Waals surface area contributed by atoms with Crippen molar-refractivity contribution in [2.75, 3.05) is 6.61 Å². The molecular formula is C16H19N3O2. The van der Waals surface area contributed by atoms with Crippen molar-refractivity contribution in [2.24, 2.45) is 5.73 Å². The van der Waals surface area contributed by atoms with Gasteiger partial charge in [0.1, 0.15) is 5.75 Å². The molecule has 0 aliphatic rings. The van der Waals surface area contributed by atoms with Crippen molar-refractivity contribution >= 4 is 5.91 Å². The Morgan fingerprint density at radius 3 is 2.71 bits per heavy atom. The zero-order valence-electron chi connectivity index (χ0n) is 12.0. The first-order valence-electron chi connectivity index (χ1n) is 6.80. The number of hydrogen-bond acceptors (Lipinski definition) is 4. The smallest absolute Gasteiger partial charge is 0.258 e. The van der Waals surface area contributed by atoms with Crippen molar-refractivity contribution in [2.45, 2.75) is 19.5 Å². The number of carbonyl (C=O) groups excluding carboxylic acids is 1. The van der Waals surface area contributed by atoms with Crippen molar-refractivity contribution in [1.29, 1.82) is 0 Å². The van der Waals surface area contributed by atoms with Crippen molar-refractivity contribution in [1.82, 2.24) is 10.3 Å². The molecule has 0 aliphatic carbocycles. The van der Waals surface area contributed by atoms with E-state index in [-0.39, 0.29) is 18.6 Å². The molecular weight excluding hydrogens is 266 g/mol. The Labute approximate surface area is 124 Å². The minimum Gasteiger partial charge on any atom is -0.484 e. The molecule has 2 aromatic rings. The number of carbonyl (C=O) groups is 1. The van der Waals surface area contributed by atoms with Gasteiger partial charge in [0.2, 0.25) is 0 Å². The van der Waals surface area contributed by atoms with Crippen LogP contribution >= 0.6 is 0 Å². The summed E-state index contributed by atoms with van der Waals surface area (Å²) in [5.74, 6) is 0.477. The van der Waals surface area contributed by atoms with Gasteiger partial charge in [0.25, 0.3) is 5.91 Å². The first-order chi connectivity index (χ1) is 10.2. The van der Waals surface area contributed by atoms with Gasteiger partial charge in [0.15, 0.2) is 6.61 Å². The highest BCUT2D eigenvalue weighted by molar-refractivity contribution is 5.78. The second-order valence-electron chi connectivity index (χ2n) is 4.71. The number of aromatic nitrogens is 1. The van der Waals surface area contributed by atoms with Crippen molar-refractivity contribution < 1.29 is 9.53 Å². The number of nitrogens with one attached hydrogen (secondary N) is 1. The molecule has 3 N–H and O–H groups in total. The Kier molecular flexibility index (Phi) is 5.29. The number of amides is 1. The summed E-state index contributed by atoms with van der Waals surface area (Å²) in [4.78, 5) is 15.9. The van der Waals surface area contributed by atoms with E-state index in [0.717, 1.165) is 11.1 Å². The van der Waals surface area contributed by atoms with Crippen LogP contribution in [0.25, 0.3) is 0 Å². The average molecular weight is 285 g/mol. The van der Waals surface area contributed by atoms with Crippen LogP contribution in [0.2, 0.25) is 0 Å². The van der Waals surface area contributed by atoms with Gasteiger partial charge in [0.05, 0.1) is 6.04 Å².